The van der Waals surface area contributed by atoms with E-state index >= 15 is 0 Å². The van der Waals surface area contributed by atoms with Gasteiger partial charge < -0.3 is 23.7 Å². The molecule has 0 unspecified atom stereocenters. The Kier molecular flexibility index (Phi) is 9.70. The van der Waals surface area contributed by atoms with E-state index in [0.717, 1.165) is 16.3 Å². The fourth-order valence-electron chi connectivity index (χ4n) is 5.82. The van der Waals surface area contributed by atoms with E-state index in [1.807, 2.05) is 36.4 Å². The maximum atomic E-state index is 14.2. The molecule has 0 aliphatic carbocycles. The maximum absolute atomic E-state index is 14.2. The van der Waals surface area contributed by atoms with E-state index in [1.165, 1.54) is 23.0 Å². The number of aromatic nitrogens is 1. The lowest BCUT2D eigenvalue weighted by Gasteiger charge is -2.26. The van der Waals surface area contributed by atoms with Gasteiger partial charge in [0.1, 0.15) is 24.1 Å². The average molecular weight is 730 g/mol. The number of hydrogen-bond acceptors (Lipinski definition) is 9. The van der Waals surface area contributed by atoms with Crippen molar-refractivity contribution in [1.29, 1.82) is 0 Å². The van der Waals surface area contributed by atoms with Crippen LogP contribution in [0.3, 0.4) is 0 Å². The summed E-state index contributed by atoms with van der Waals surface area (Å²) in [5.41, 5.74) is 2.70. The minimum absolute atomic E-state index is 0.167. The molecule has 2 heterocycles. The van der Waals surface area contributed by atoms with Crippen LogP contribution in [0.4, 0.5) is 0 Å². The molecule has 0 spiro atoms. The Morgan fingerprint density at radius 2 is 1.75 bits per heavy atom. The Labute approximate surface area is 289 Å². The van der Waals surface area contributed by atoms with Crippen molar-refractivity contribution in [2.75, 3.05) is 27.9 Å². The SMILES string of the molecule is CCOC(=O)C1=C(C)N=c2sc(=Cc3cc(Br)c(OCc4cccc5ccccc45)c(OC)c3)c(=O)n2[C@H]1c1cc(OC)ccc1OC. The predicted molar refractivity (Wildman–Crippen MR) is 189 cm³/mol. The Bertz CT molecular complexity index is 2250. The van der Waals surface area contributed by atoms with Gasteiger partial charge in [-0.1, -0.05) is 53.8 Å². The Morgan fingerprint density at radius 3 is 2.50 bits per heavy atom. The number of halogens is 1. The van der Waals surface area contributed by atoms with Gasteiger partial charge in [0.05, 0.1) is 48.2 Å². The molecule has 1 atom stereocenters. The summed E-state index contributed by atoms with van der Waals surface area (Å²) in [6, 6.07) is 22.4. The lowest BCUT2D eigenvalue weighted by molar-refractivity contribution is -0.139. The highest BCUT2D eigenvalue weighted by atomic mass is 79.9. The van der Waals surface area contributed by atoms with E-state index < -0.39 is 12.0 Å². The summed E-state index contributed by atoms with van der Waals surface area (Å²) in [5.74, 6) is 1.52. The highest BCUT2D eigenvalue weighted by Crippen LogP contribution is 2.39. The zero-order valence-corrected chi connectivity index (χ0v) is 29.4. The molecule has 48 heavy (non-hydrogen) atoms. The third-order valence-corrected chi connectivity index (χ3v) is 9.62. The number of hydrogen-bond donors (Lipinski definition) is 0. The van der Waals surface area contributed by atoms with Crippen LogP contribution < -0.4 is 33.8 Å². The Hall–Kier alpha value is -4.87. The van der Waals surface area contributed by atoms with Gasteiger partial charge in [0.25, 0.3) is 5.56 Å². The standard InChI is InChI=1S/C37H33BrN2O7S/c1-6-46-36(42)32-21(2)39-37-40(33(32)27-19-25(43-3)14-15-29(27)44-4)35(41)31(48-37)18-22-16-28(38)34(30(17-22)45-5)47-20-24-12-9-11-23-10-7-8-13-26(23)24/h7-19,33H,6,20H2,1-5H3/t33-/m0/s1. The third-order valence-electron chi connectivity index (χ3n) is 8.05. The van der Waals surface area contributed by atoms with Crippen LogP contribution in [-0.4, -0.2) is 38.5 Å². The van der Waals surface area contributed by atoms with Crippen molar-refractivity contribution in [2.24, 2.45) is 4.99 Å². The molecule has 0 radical (unpaired) electrons. The number of fused-ring (bicyclic) bond motifs is 2. The molecule has 246 valence electrons. The molecule has 5 aromatic rings. The molecular formula is C37H33BrN2O7S. The summed E-state index contributed by atoms with van der Waals surface area (Å²) in [7, 11) is 4.67. The molecule has 4 aromatic carbocycles. The van der Waals surface area contributed by atoms with Crippen LogP contribution in [0.25, 0.3) is 16.8 Å². The number of allylic oxidation sites excluding steroid dienone is 1. The van der Waals surface area contributed by atoms with Crippen molar-refractivity contribution in [3.63, 3.8) is 0 Å². The second-order valence-electron chi connectivity index (χ2n) is 10.9. The number of thiazole rings is 1. The molecule has 1 aliphatic heterocycles. The summed E-state index contributed by atoms with van der Waals surface area (Å²) in [4.78, 5) is 32.7. The summed E-state index contributed by atoms with van der Waals surface area (Å²) in [6.07, 6.45) is 1.77. The quantitative estimate of drug-likeness (QED) is 0.155. The molecule has 11 heteroatoms. The van der Waals surface area contributed by atoms with Crippen LogP contribution >= 0.6 is 27.3 Å². The first-order chi connectivity index (χ1) is 23.3. The number of methoxy groups -OCH3 is 3. The summed E-state index contributed by atoms with van der Waals surface area (Å²) < 4.78 is 31.2. The number of carbonyl (C=O) groups is 1. The van der Waals surface area contributed by atoms with Gasteiger partial charge in [-0.3, -0.25) is 9.36 Å². The second-order valence-corrected chi connectivity index (χ2v) is 12.7. The fraction of sp³-hybridized carbons (Fsp3) is 0.216. The number of benzene rings is 4. The smallest absolute Gasteiger partial charge is 0.338 e. The molecule has 1 aromatic heterocycles. The van der Waals surface area contributed by atoms with Gasteiger partial charge in [-0.05, 0) is 88.1 Å². The fourth-order valence-corrected chi connectivity index (χ4v) is 7.44. The second kappa shape index (κ2) is 14.1. The zero-order chi connectivity index (χ0) is 33.9. The zero-order valence-electron chi connectivity index (χ0n) is 27.0. The summed E-state index contributed by atoms with van der Waals surface area (Å²) >= 11 is 4.88. The highest BCUT2D eigenvalue weighted by Gasteiger charge is 2.35. The molecule has 0 saturated heterocycles. The number of ether oxygens (including phenoxy) is 5. The van der Waals surface area contributed by atoms with E-state index in [1.54, 1.807) is 52.3 Å². The van der Waals surface area contributed by atoms with Gasteiger partial charge >= 0.3 is 5.97 Å². The Balaban J connectivity index is 1.43. The van der Waals surface area contributed by atoms with E-state index in [0.29, 0.717) is 60.2 Å². The van der Waals surface area contributed by atoms with E-state index in [4.69, 9.17) is 23.7 Å². The van der Waals surface area contributed by atoms with Crippen LogP contribution in [-0.2, 0) is 16.1 Å². The van der Waals surface area contributed by atoms with E-state index in [-0.39, 0.29) is 17.7 Å². The molecule has 0 N–H and O–H groups in total. The van der Waals surface area contributed by atoms with Crippen LogP contribution in [0.5, 0.6) is 23.0 Å². The van der Waals surface area contributed by atoms with Crippen molar-refractivity contribution >= 4 is 50.1 Å². The van der Waals surface area contributed by atoms with Crippen LogP contribution in [0, 0.1) is 0 Å². The van der Waals surface area contributed by atoms with Crippen LogP contribution in [0.2, 0.25) is 0 Å². The first kappa shape index (κ1) is 33.0. The molecule has 6 rings (SSSR count). The van der Waals surface area contributed by atoms with Crippen molar-refractivity contribution in [2.45, 2.75) is 26.5 Å². The number of carbonyl (C=O) groups excluding carboxylic acids is 1. The van der Waals surface area contributed by atoms with Crippen LogP contribution in [0.1, 0.15) is 36.6 Å². The van der Waals surface area contributed by atoms with Crippen molar-refractivity contribution in [3.8, 4) is 23.0 Å². The van der Waals surface area contributed by atoms with Crippen LogP contribution in [0.15, 0.2) is 98.3 Å². The lowest BCUT2D eigenvalue weighted by atomic mass is 9.94. The number of esters is 1. The number of nitrogens with zero attached hydrogens (tertiary/aromatic N) is 2. The molecular weight excluding hydrogens is 696 g/mol. The lowest BCUT2D eigenvalue weighted by Crippen LogP contribution is -2.40. The van der Waals surface area contributed by atoms with Gasteiger partial charge in [-0.2, -0.15) is 0 Å². The normalized spacial score (nSPS) is 14.4. The highest BCUT2D eigenvalue weighted by molar-refractivity contribution is 9.10. The first-order valence-electron chi connectivity index (χ1n) is 15.2. The molecule has 0 fully saturated rings. The summed E-state index contributed by atoms with van der Waals surface area (Å²) in [6.45, 7) is 3.98. The number of rotatable bonds is 10. The van der Waals surface area contributed by atoms with Gasteiger partial charge in [-0.25, -0.2) is 9.79 Å². The van der Waals surface area contributed by atoms with E-state index in [2.05, 4.69) is 39.1 Å². The average Bonchev–Trinajstić information content (AvgIpc) is 3.40. The first-order valence-corrected chi connectivity index (χ1v) is 16.8. The molecule has 0 bridgehead atoms. The van der Waals surface area contributed by atoms with Gasteiger partial charge in [0.15, 0.2) is 16.3 Å². The summed E-state index contributed by atoms with van der Waals surface area (Å²) in [5, 5.41) is 2.26. The molecule has 0 saturated carbocycles. The monoisotopic (exact) mass is 728 g/mol. The largest absolute Gasteiger partial charge is 0.497 e. The predicted octanol–water partition coefficient (Wildman–Crippen LogP) is 6.32. The Morgan fingerprint density at radius 1 is 0.979 bits per heavy atom. The molecule has 9 nitrogen and oxygen atoms in total. The van der Waals surface area contributed by atoms with Crippen molar-refractivity contribution in [1.82, 2.24) is 4.57 Å². The molecule has 1 aliphatic rings. The van der Waals surface area contributed by atoms with E-state index in [9.17, 15) is 9.59 Å². The van der Waals surface area contributed by atoms with Crippen molar-refractivity contribution in [3.05, 3.63) is 125 Å². The minimum atomic E-state index is -0.862. The van der Waals surface area contributed by atoms with Gasteiger partial charge in [0, 0.05) is 5.56 Å². The van der Waals surface area contributed by atoms with Gasteiger partial charge in [-0.15, -0.1) is 0 Å². The maximum Gasteiger partial charge on any atom is 0.338 e. The van der Waals surface area contributed by atoms with Gasteiger partial charge in [0.2, 0.25) is 0 Å². The molecule has 0 amide bonds. The topological polar surface area (TPSA) is 97.6 Å². The third kappa shape index (κ3) is 6.23. The van der Waals surface area contributed by atoms with Crippen molar-refractivity contribution < 1.29 is 28.5 Å². The minimum Gasteiger partial charge on any atom is -0.497 e.